The topological polar surface area (TPSA) is 41.6 Å². The normalized spacial score (nSPS) is 18.7. The van der Waals surface area contributed by atoms with E-state index in [1.807, 2.05) is 32.0 Å². The summed E-state index contributed by atoms with van der Waals surface area (Å²) in [5.74, 6) is 1.66. The van der Waals surface area contributed by atoms with Crippen LogP contribution in [0.4, 0.5) is 0 Å². The van der Waals surface area contributed by atoms with Gasteiger partial charge in [0.25, 0.3) is 5.91 Å². The number of benzene rings is 1. The summed E-state index contributed by atoms with van der Waals surface area (Å²) in [7, 11) is 0. The number of ether oxygens (including phenoxy) is 1. The highest BCUT2D eigenvalue weighted by Crippen LogP contribution is 2.19. The zero-order valence-electron chi connectivity index (χ0n) is 14.7. The van der Waals surface area contributed by atoms with Crippen molar-refractivity contribution >= 4 is 5.91 Å². The first-order valence-electron chi connectivity index (χ1n) is 8.84. The van der Waals surface area contributed by atoms with Gasteiger partial charge < -0.3 is 15.0 Å². The van der Waals surface area contributed by atoms with E-state index in [0.29, 0.717) is 12.2 Å². The third-order valence-corrected chi connectivity index (χ3v) is 4.41. The van der Waals surface area contributed by atoms with Crippen LogP contribution in [0.15, 0.2) is 18.2 Å². The van der Waals surface area contributed by atoms with Gasteiger partial charge in [0, 0.05) is 18.7 Å². The third-order valence-electron chi connectivity index (χ3n) is 4.41. The van der Waals surface area contributed by atoms with E-state index in [4.69, 9.17) is 4.74 Å². The van der Waals surface area contributed by atoms with Gasteiger partial charge in [-0.2, -0.15) is 0 Å². The predicted molar refractivity (Wildman–Crippen MR) is 94.1 cm³/mol. The van der Waals surface area contributed by atoms with Gasteiger partial charge in [-0.3, -0.25) is 4.79 Å². The molecule has 1 aliphatic rings. The van der Waals surface area contributed by atoms with Crippen molar-refractivity contribution in [1.29, 1.82) is 0 Å². The number of carbonyl (C=O) groups is 1. The molecule has 0 bridgehead atoms. The fourth-order valence-electron chi connectivity index (χ4n) is 3.20. The number of rotatable bonds is 7. The molecule has 1 amide bonds. The van der Waals surface area contributed by atoms with Gasteiger partial charge in [0.05, 0.1) is 6.61 Å². The number of piperidine rings is 1. The lowest BCUT2D eigenvalue weighted by Crippen LogP contribution is -2.36. The number of hydrogen-bond acceptors (Lipinski definition) is 3. The second kappa shape index (κ2) is 8.92. The first-order chi connectivity index (χ1) is 11.1. The average Bonchev–Trinajstić information content (AvgIpc) is 2.53. The SMILES string of the molecule is CCOc1ccc(C(=O)NCCCN2CCCC(C)C2)cc1C. The van der Waals surface area contributed by atoms with Crippen LogP contribution in [0.25, 0.3) is 0 Å². The van der Waals surface area contributed by atoms with Crippen molar-refractivity contribution in [3.63, 3.8) is 0 Å². The van der Waals surface area contributed by atoms with Crippen LogP contribution in [0, 0.1) is 12.8 Å². The van der Waals surface area contributed by atoms with Gasteiger partial charge in [-0.1, -0.05) is 6.92 Å². The minimum absolute atomic E-state index is 0.00293. The van der Waals surface area contributed by atoms with E-state index in [9.17, 15) is 4.79 Å². The van der Waals surface area contributed by atoms with Crippen LogP contribution in [0.2, 0.25) is 0 Å². The summed E-state index contributed by atoms with van der Waals surface area (Å²) in [5, 5.41) is 3.02. The second-order valence-electron chi connectivity index (χ2n) is 6.57. The van der Waals surface area contributed by atoms with Crippen LogP contribution in [-0.2, 0) is 0 Å². The minimum atomic E-state index is 0.00293. The Bertz CT molecular complexity index is 516. The molecule has 1 aliphatic heterocycles. The summed E-state index contributed by atoms with van der Waals surface area (Å²) in [6.45, 7) is 11.1. The Morgan fingerprint density at radius 1 is 1.43 bits per heavy atom. The first-order valence-corrected chi connectivity index (χ1v) is 8.84. The van der Waals surface area contributed by atoms with E-state index >= 15 is 0 Å². The molecule has 0 aromatic heterocycles. The highest BCUT2D eigenvalue weighted by molar-refractivity contribution is 5.94. The summed E-state index contributed by atoms with van der Waals surface area (Å²) < 4.78 is 5.51. The van der Waals surface area contributed by atoms with E-state index in [1.54, 1.807) is 0 Å². The number of aryl methyl sites for hydroxylation is 1. The summed E-state index contributed by atoms with van der Waals surface area (Å²) in [6.07, 6.45) is 3.66. The molecule has 1 fully saturated rings. The Morgan fingerprint density at radius 2 is 2.26 bits per heavy atom. The molecule has 1 aromatic carbocycles. The number of likely N-dealkylation sites (tertiary alicyclic amines) is 1. The number of carbonyl (C=O) groups excluding carboxylic acids is 1. The summed E-state index contributed by atoms with van der Waals surface area (Å²) >= 11 is 0. The third kappa shape index (κ3) is 5.54. The highest BCUT2D eigenvalue weighted by atomic mass is 16.5. The molecule has 0 saturated carbocycles. The van der Waals surface area contributed by atoms with Gasteiger partial charge in [-0.25, -0.2) is 0 Å². The van der Waals surface area contributed by atoms with Crippen molar-refractivity contribution in [2.45, 2.75) is 40.0 Å². The van der Waals surface area contributed by atoms with Crippen LogP contribution < -0.4 is 10.1 Å². The van der Waals surface area contributed by atoms with Gasteiger partial charge in [-0.05, 0) is 75.9 Å². The molecule has 0 radical (unpaired) electrons. The number of amides is 1. The van der Waals surface area contributed by atoms with Crippen molar-refractivity contribution in [3.8, 4) is 5.75 Å². The van der Waals surface area contributed by atoms with Gasteiger partial charge >= 0.3 is 0 Å². The monoisotopic (exact) mass is 318 g/mol. The fourth-order valence-corrected chi connectivity index (χ4v) is 3.20. The van der Waals surface area contributed by atoms with E-state index in [2.05, 4.69) is 17.1 Å². The Morgan fingerprint density at radius 3 is 2.96 bits per heavy atom. The van der Waals surface area contributed by atoms with Crippen LogP contribution in [0.5, 0.6) is 5.75 Å². The molecule has 1 atom stereocenters. The number of hydrogen-bond donors (Lipinski definition) is 1. The van der Waals surface area contributed by atoms with Crippen LogP contribution in [-0.4, -0.2) is 43.6 Å². The van der Waals surface area contributed by atoms with E-state index in [1.165, 1.54) is 25.9 Å². The molecule has 2 rings (SSSR count). The average molecular weight is 318 g/mol. The Hall–Kier alpha value is -1.55. The van der Waals surface area contributed by atoms with Gasteiger partial charge in [0.15, 0.2) is 0 Å². The highest BCUT2D eigenvalue weighted by Gasteiger charge is 2.15. The molecular weight excluding hydrogens is 288 g/mol. The molecule has 128 valence electrons. The maximum Gasteiger partial charge on any atom is 0.251 e. The zero-order chi connectivity index (χ0) is 16.7. The summed E-state index contributed by atoms with van der Waals surface area (Å²) in [5.41, 5.74) is 1.71. The zero-order valence-corrected chi connectivity index (χ0v) is 14.7. The molecule has 1 aromatic rings. The van der Waals surface area contributed by atoms with Gasteiger partial charge in [0.2, 0.25) is 0 Å². The smallest absolute Gasteiger partial charge is 0.251 e. The van der Waals surface area contributed by atoms with Crippen molar-refractivity contribution in [2.75, 3.05) is 32.8 Å². The molecule has 23 heavy (non-hydrogen) atoms. The molecular formula is C19H30N2O2. The Labute approximate surface area is 140 Å². The molecule has 1 heterocycles. The molecule has 1 N–H and O–H groups in total. The van der Waals surface area contributed by atoms with Crippen LogP contribution >= 0.6 is 0 Å². The quantitative estimate of drug-likeness (QED) is 0.785. The summed E-state index contributed by atoms with van der Waals surface area (Å²) in [6, 6.07) is 5.61. The van der Waals surface area contributed by atoms with E-state index in [0.717, 1.165) is 36.7 Å². The molecule has 1 saturated heterocycles. The van der Waals surface area contributed by atoms with Crippen molar-refractivity contribution in [1.82, 2.24) is 10.2 Å². The molecule has 0 spiro atoms. The summed E-state index contributed by atoms with van der Waals surface area (Å²) in [4.78, 5) is 14.7. The second-order valence-corrected chi connectivity index (χ2v) is 6.57. The number of nitrogens with zero attached hydrogens (tertiary/aromatic N) is 1. The van der Waals surface area contributed by atoms with E-state index < -0.39 is 0 Å². The van der Waals surface area contributed by atoms with Crippen molar-refractivity contribution in [2.24, 2.45) is 5.92 Å². The molecule has 4 nitrogen and oxygen atoms in total. The van der Waals surface area contributed by atoms with Crippen LogP contribution in [0.3, 0.4) is 0 Å². The molecule has 0 aliphatic carbocycles. The Balaban J connectivity index is 1.73. The fraction of sp³-hybridized carbons (Fsp3) is 0.632. The van der Waals surface area contributed by atoms with Gasteiger partial charge in [-0.15, -0.1) is 0 Å². The lowest BCUT2D eigenvalue weighted by Gasteiger charge is -2.30. The number of nitrogens with one attached hydrogen (secondary N) is 1. The minimum Gasteiger partial charge on any atom is -0.494 e. The Kier molecular flexibility index (Phi) is 6.90. The van der Waals surface area contributed by atoms with Gasteiger partial charge in [0.1, 0.15) is 5.75 Å². The largest absolute Gasteiger partial charge is 0.494 e. The maximum atomic E-state index is 12.2. The lowest BCUT2D eigenvalue weighted by atomic mass is 10.0. The lowest BCUT2D eigenvalue weighted by molar-refractivity contribution is 0.0950. The predicted octanol–water partition coefficient (Wildman–Crippen LogP) is 3.25. The van der Waals surface area contributed by atoms with Crippen LogP contribution in [0.1, 0.15) is 49.0 Å². The molecule has 4 heteroatoms. The van der Waals surface area contributed by atoms with E-state index in [-0.39, 0.29) is 5.91 Å². The molecule has 1 unspecified atom stereocenters. The van der Waals surface area contributed by atoms with Crippen molar-refractivity contribution < 1.29 is 9.53 Å². The standard InChI is InChI=1S/C19H30N2O2/c1-4-23-18-9-8-17(13-16(18)3)19(22)20-10-6-12-21-11-5-7-15(2)14-21/h8-9,13,15H,4-7,10-12,14H2,1-3H3,(H,20,22). The maximum absolute atomic E-state index is 12.2. The van der Waals surface area contributed by atoms with Crippen molar-refractivity contribution in [3.05, 3.63) is 29.3 Å². The first kappa shape index (κ1) is 17.8.